The third-order valence-corrected chi connectivity index (χ3v) is 11.0. The number of carbonyl (C=O) groups is 1. The monoisotopic (exact) mass is 852 g/mol. The van der Waals surface area contributed by atoms with E-state index >= 15 is 8.78 Å². The number of hydrogen-bond donors (Lipinski definition) is 4. The van der Waals surface area contributed by atoms with E-state index < -0.39 is 93.2 Å². The Morgan fingerprint density at radius 3 is 2.40 bits per heavy atom. The molecular formula is C37H32ClF7N8O4S. The summed E-state index contributed by atoms with van der Waals surface area (Å²) in [6, 6.07) is 7.09. The standard InChI is InChI=1S/C37H32ClF7N8O4S/c1-35(2,55)10-9-20-5-6-21(22-7-8-25(38)29-31(22)52(4)50-34(29)51-58(56,57)46-3)30(47-20)26(13-17-11-18(39)14-19(40)12-17)48-27(54)16-53-33-28(32(49-53)37(43,44)45)23-15-24(23)36(33,41)42/h5-8,11-12,14,23-24,26,46,55H,13,15-16H2,1-4H3,(H,48,54)(H,50,51)/t23-,24+,26-/m0/s1. The third-order valence-electron chi connectivity index (χ3n) is 9.67. The zero-order valence-electron chi connectivity index (χ0n) is 30.7. The molecule has 2 aliphatic rings. The quantitative estimate of drug-likeness (QED) is 0.0980. The number of fused-ring (bicyclic) bond motifs is 4. The van der Waals surface area contributed by atoms with Crippen LogP contribution in [-0.2, 0) is 47.1 Å². The fourth-order valence-electron chi connectivity index (χ4n) is 7.25. The van der Waals surface area contributed by atoms with Crippen LogP contribution in [0.5, 0.6) is 0 Å². The van der Waals surface area contributed by atoms with Gasteiger partial charge in [-0.15, -0.1) is 0 Å². The fraction of sp³-hybridized carbons (Fsp3) is 0.351. The number of amides is 1. The Labute approximate surface area is 331 Å². The molecule has 4 N–H and O–H groups in total. The van der Waals surface area contributed by atoms with Crippen molar-refractivity contribution in [1.29, 1.82) is 0 Å². The predicted molar refractivity (Wildman–Crippen MR) is 197 cm³/mol. The van der Waals surface area contributed by atoms with E-state index in [9.17, 15) is 40.3 Å². The summed E-state index contributed by atoms with van der Waals surface area (Å²) in [6.07, 6.45) is -5.66. The fourth-order valence-corrected chi connectivity index (χ4v) is 7.99. The van der Waals surface area contributed by atoms with Crippen molar-refractivity contribution in [3.63, 3.8) is 0 Å². The van der Waals surface area contributed by atoms with E-state index in [0.29, 0.717) is 10.7 Å². The highest BCUT2D eigenvalue weighted by Gasteiger charge is 2.68. The van der Waals surface area contributed by atoms with Crippen LogP contribution >= 0.6 is 11.6 Å². The Kier molecular flexibility index (Phi) is 10.1. The first kappa shape index (κ1) is 40.9. The van der Waals surface area contributed by atoms with Crippen LogP contribution in [0.1, 0.15) is 66.1 Å². The number of alkyl halides is 5. The van der Waals surface area contributed by atoms with Gasteiger partial charge in [0.1, 0.15) is 35.2 Å². The van der Waals surface area contributed by atoms with Gasteiger partial charge in [0.2, 0.25) is 5.91 Å². The number of pyridine rings is 1. The minimum atomic E-state index is -5.09. The Bertz CT molecular complexity index is 2660. The van der Waals surface area contributed by atoms with Crippen LogP contribution in [0.2, 0.25) is 5.02 Å². The molecule has 306 valence electrons. The molecule has 2 aliphatic carbocycles. The number of aromatic nitrogens is 5. The Morgan fingerprint density at radius 1 is 1.09 bits per heavy atom. The number of anilines is 1. The highest BCUT2D eigenvalue weighted by atomic mass is 35.5. The van der Waals surface area contributed by atoms with E-state index in [1.165, 1.54) is 56.9 Å². The van der Waals surface area contributed by atoms with Crippen LogP contribution in [0, 0.1) is 29.4 Å². The number of benzene rings is 2. The molecule has 0 unspecified atom stereocenters. The second-order valence-electron chi connectivity index (χ2n) is 14.5. The van der Waals surface area contributed by atoms with Gasteiger partial charge in [-0.05, 0) is 74.4 Å². The van der Waals surface area contributed by atoms with Crippen LogP contribution in [0.15, 0.2) is 42.5 Å². The van der Waals surface area contributed by atoms with Gasteiger partial charge in [-0.3, -0.25) is 18.9 Å². The SMILES string of the molecule is CNS(=O)(=O)Nc1nn(C)c2c(-c3ccc(C#CC(C)(C)O)nc3[C@H](Cc3cc(F)cc(F)c3)NC(=O)Cn3nc(C(F)(F)F)c4c3C(F)(F)[C@@H]3C[C@H]43)ccc(Cl)c12. The summed E-state index contributed by atoms with van der Waals surface area (Å²) in [4.78, 5) is 18.6. The van der Waals surface area contributed by atoms with Crippen molar-refractivity contribution in [3.8, 4) is 23.0 Å². The molecule has 3 atom stereocenters. The molecule has 0 bridgehead atoms. The van der Waals surface area contributed by atoms with E-state index in [4.69, 9.17) is 11.6 Å². The van der Waals surface area contributed by atoms with E-state index in [1.807, 2.05) is 0 Å². The van der Waals surface area contributed by atoms with E-state index in [-0.39, 0.29) is 56.2 Å². The molecule has 1 fully saturated rings. The van der Waals surface area contributed by atoms with Crippen LogP contribution in [0.25, 0.3) is 22.0 Å². The molecule has 1 amide bonds. The molecular weight excluding hydrogens is 821 g/mol. The first-order valence-corrected chi connectivity index (χ1v) is 19.3. The lowest BCUT2D eigenvalue weighted by Gasteiger charge is -2.23. The molecule has 2 aromatic carbocycles. The maximum Gasteiger partial charge on any atom is 0.435 e. The molecule has 58 heavy (non-hydrogen) atoms. The summed E-state index contributed by atoms with van der Waals surface area (Å²) in [7, 11) is -1.44. The second-order valence-corrected chi connectivity index (χ2v) is 16.5. The van der Waals surface area contributed by atoms with Gasteiger partial charge in [0.05, 0.1) is 27.7 Å². The lowest BCUT2D eigenvalue weighted by molar-refractivity contribution is -0.142. The minimum Gasteiger partial charge on any atom is -0.378 e. The highest BCUT2D eigenvalue weighted by molar-refractivity contribution is 7.90. The molecule has 0 spiro atoms. The van der Waals surface area contributed by atoms with Crippen molar-refractivity contribution in [2.45, 2.75) is 62.9 Å². The zero-order chi connectivity index (χ0) is 42.3. The minimum absolute atomic E-state index is 0.0139. The van der Waals surface area contributed by atoms with Gasteiger partial charge in [0, 0.05) is 42.8 Å². The van der Waals surface area contributed by atoms with Gasteiger partial charge in [-0.25, -0.2) is 18.5 Å². The summed E-state index contributed by atoms with van der Waals surface area (Å²) >= 11 is 6.58. The predicted octanol–water partition coefficient (Wildman–Crippen LogP) is 6.09. The van der Waals surface area contributed by atoms with E-state index in [2.05, 4.69) is 41.8 Å². The average Bonchev–Trinajstić information content (AvgIpc) is 3.65. The number of aliphatic hydroxyl groups is 1. The average molecular weight is 853 g/mol. The third kappa shape index (κ3) is 7.83. The van der Waals surface area contributed by atoms with Crippen molar-refractivity contribution in [1.82, 2.24) is 34.6 Å². The van der Waals surface area contributed by atoms with Gasteiger partial charge in [-0.2, -0.15) is 40.6 Å². The molecule has 21 heteroatoms. The first-order valence-electron chi connectivity index (χ1n) is 17.4. The zero-order valence-corrected chi connectivity index (χ0v) is 32.3. The Morgan fingerprint density at radius 2 is 1.76 bits per heavy atom. The summed E-state index contributed by atoms with van der Waals surface area (Å²) in [5.74, 6) is -4.01. The normalized spacial score (nSPS) is 17.7. The largest absolute Gasteiger partial charge is 0.435 e. The summed E-state index contributed by atoms with van der Waals surface area (Å²) < 4.78 is 133. The van der Waals surface area contributed by atoms with Crippen LogP contribution in [0.4, 0.5) is 36.6 Å². The molecule has 3 heterocycles. The topological polar surface area (TPSA) is 156 Å². The van der Waals surface area contributed by atoms with Crippen molar-refractivity contribution < 1.29 is 49.1 Å². The van der Waals surface area contributed by atoms with Gasteiger partial charge >= 0.3 is 6.18 Å². The van der Waals surface area contributed by atoms with Gasteiger partial charge < -0.3 is 10.4 Å². The van der Waals surface area contributed by atoms with Gasteiger partial charge in [0.15, 0.2) is 11.5 Å². The van der Waals surface area contributed by atoms with Crippen LogP contribution in [0.3, 0.4) is 0 Å². The van der Waals surface area contributed by atoms with E-state index in [1.54, 1.807) is 0 Å². The molecule has 12 nitrogen and oxygen atoms in total. The smallest absolute Gasteiger partial charge is 0.378 e. The lowest BCUT2D eigenvalue weighted by atomic mass is 9.93. The van der Waals surface area contributed by atoms with Crippen LogP contribution < -0.4 is 14.8 Å². The highest BCUT2D eigenvalue weighted by Crippen LogP contribution is 2.68. The Hall–Kier alpha value is -5.23. The number of rotatable bonds is 10. The number of halogens is 8. The van der Waals surface area contributed by atoms with Gasteiger partial charge in [-0.1, -0.05) is 23.6 Å². The van der Waals surface area contributed by atoms with Gasteiger partial charge in [0.25, 0.3) is 16.1 Å². The number of aryl methyl sites for hydroxylation is 1. The number of nitrogens with zero attached hydrogens (tertiary/aromatic N) is 5. The second kappa shape index (κ2) is 14.2. The summed E-state index contributed by atoms with van der Waals surface area (Å²) in [5, 5.41) is 20.9. The summed E-state index contributed by atoms with van der Waals surface area (Å²) in [5.41, 5.74) is -3.95. The van der Waals surface area contributed by atoms with E-state index in [0.717, 1.165) is 12.1 Å². The number of nitrogens with one attached hydrogen (secondary N) is 3. The first-order chi connectivity index (χ1) is 27.0. The van der Waals surface area contributed by atoms with Crippen LogP contribution in [-0.4, -0.2) is 56.6 Å². The Balaban J connectivity index is 1.39. The molecule has 3 aromatic heterocycles. The maximum absolute atomic E-state index is 15.4. The van der Waals surface area contributed by atoms with Crippen molar-refractivity contribution in [2.75, 3.05) is 11.8 Å². The number of hydrogen-bond acceptors (Lipinski definition) is 7. The molecule has 0 aliphatic heterocycles. The lowest BCUT2D eigenvalue weighted by Crippen LogP contribution is -2.35. The van der Waals surface area contributed by atoms with Crippen molar-refractivity contribution in [3.05, 3.63) is 93.0 Å². The molecule has 0 radical (unpaired) electrons. The molecule has 1 saturated carbocycles. The molecule has 7 rings (SSSR count). The molecule has 5 aromatic rings. The van der Waals surface area contributed by atoms with Crippen molar-refractivity contribution >= 4 is 44.4 Å². The molecule has 0 saturated heterocycles. The summed E-state index contributed by atoms with van der Waals surface area (Å²) in [6.45, 7) is 1.72. The number of carbonyl (C=O) groups excluding carboxylic acids is 1. The maximum atomic E-state index is 15.4. The van der Waals surface area contributed by atoms with Crippen molar-refractivity contribution in [2.24, 2.45) is 13.0 Å².